The van der Waals surface area contributed by atoms with Gasteiger partial charge >= 0.3 is 0 Å². The first-order valence-electron chi connectivity index (χ1n) is 6.07. The summed E-state index contributed by atoms with van der Waals surface area (Å²) in [5.41, 5.74) is 0.475. The van der Waals surface area contributed by atoms with E-state index in [1.807, 2.05) is 26.0 Å². The van der Waals surface area contributed by atoms with Crippen LogP contribution in [0.1, 0.15) is 5.56 Å². The van der Waals surface area contributed by atoms with Crippen LogP contribution in [0.3, 0.4) is 0 Å². The maximum Gasteiger partial charge on any atom is 0.151 e. The molecule has 0 saturated carbocycles. The second-order valence-corrected chi connectivity index (χ2v) is 4.85. The molecule has 0 radical (unpaired) electrons. The zero-order valence-electron chi connectivity index (χ0n) is 11.3. The van der Waals surface area contributed by atoms with Crippen LogP contribution in [-0.4, -0.2) is 56.4 Å². The Hall–Kier alpha value is -1.26. The van der Waals surface area contributed by atoms with Gasteiger partial charge in [0.2, 0.25) is 0 Å². The second kappa shape index (κ2) is 7.24. The summed E-state index contributed by atoms with van der Waals surface area (Å²) in [6, 6.07) is 6.43. The number of halogens is 1. The minimum atomic E-state index is -0.304. The van der Waals surface area contributed by atoms with Crippen molar-refractivity contribution in [3.8, 4) is 0 Å². The average Bonchev–Trinajstić information content (AvgIpc) is 2.29. The minimum absolute atomic E-state index is 0.0429. The summed E-state index contributed by atoms with van der Waals surface area (Å²) in [6.45, 7) is 2.10. The van der Waals surface area contributed by atoms with Gasteiger partial charge in [0.25, 0.3) is 0 Å². The van der Waals surface area contributed by atoms with Gasteiger partial charge in [-0.15, -0.1) is 0 Å². The topological polar surface area (TPSA) is 23.6 Å². The molecular formula is C14H21FN2O. The highest BCUT2D eigenvalue weighted by molar-refractivity contribution is 5.82. The number of nitrogens with zero attached hydrogens (tertiary/aromatic N) is 2. The van der Waals surface area contributed by atoms with E-state index in [0.717, 1.165) is 13.1 Å². The van der Waals surface area contributed by atoms with Crippen LogP contribution in [0.2, 0.25) is 0 Å². The Morgan fingerprint density at radius 1 is 1.17 bits per heavy atom. The van der Waals surface area contributed by atoms with Crippen molar-refractivity contribution in [1.29, 1.82) is 0 Å². The third-order valence-corrected chi connectivity index (χ3v) is 2.72. The number of Topliss-reactive ketones (excluding diaryl/α,β-unsaturated/α-hetero) is 1. The number of hydrogen-bond donors (Lipinski definition) is 0. The van der Waals surface area contributed by atoms with Crippen LogP contribution < -0.4 is 0 Å². The van der Waals surface area contributed by atoms with Gasteiger partial charge in [-0.2, -0.15) is 0 Å². The van der Waals surface area contributed by atoms with Crippen LogP contribution in [0.25, 0.3) is 0 Å². The van der Waals surface area contributed by atoms with Crippen LogP contribution >= 0.6 is 0 Å². The highest BCUT2D eigenvalue weighted by atomic mass is 19.1. The van der Waals surface area contributed by atoms with Crippen molar-refractivity contribution >= 4 is 5.78 Å². The van der Waals surface area contributed by atoms with Crippen molar-refractivity contribution in [2.75, 3.05) is 40.8 Å². The van der Waals surface area contributed by atoms with Crippen molar-refractivity contribution in [1.82, 2.24) is 9.80 Å². The fourth-order valence-electron chi connectivity index (χ4n) is 1.66. The molecule has 0 aliphatic rings. The predicted molar refractivity (Wildman–Crippen MR) is 71.2 cm³/mol. The van der Waals surface area contributed by atoms with E-state index >= 15 is 0 Å². The molecule has 0 atom stereocenters. The van der Waals surface area contributed by atoms with Crippen LogP contribution in [0.5, 0.6) is 0 Å². The van der Waals surface area contributed by atoms with Crippen LogP contribution in [0.4, 0.5) is 4.39 Å². The van der Waals surface area contributed by atoms with Gasteiger partial charge in [-0.25, -0.2) is 4.39 Å². The summed E-state index contributed by atoms with van der Waals surface area (Å²) in [7, 11) is 5.90. The molecule has 100 valence electrons. The first-order chi connectivity index (χ1) is 8.49. The average molecular weight is 252 g/mol. The molecule has 3 nitrogen and oxygen atoms in total. The van der Waals surface area contributed by atoms with Gasteiger partial charge in [0.15, 0.2) is 5.78 Å². The van der Waals surface area contributed by atoms with Gasteiger partial charge in [0.05, 0.1) is 6.54 Å². The number of carbonyl (C=O) groups excluding carboxylic acids is 1. The van der Waals surface area contributed by atoms with Gasteiger partial charge in [-0.05, 0) is 32.8 Å². The van der Waals surface area contributed by atoms with E-state index in [4.69, 9.17) is 0 Å². The SMILES string of the molecule is CN(C)CCN(C)CC(=O)Cc1ccccc1F. The molecule has 0 amide bonds. The van der Waals surface area contributed by atoms with E-state index in [2.05, 4.69) is 4.90 Å². The second-order valence-electron chi connectivity index (χ2n) is 4.85. The highest BCUT2D eigenvalue weighted by Crippen LogP contribution is 2.07. The molecule has 0 aromatic heterocycles. The van der Waals surface area contributed by atoms with Gasteiger partial charge in [-0.1, -0.05) is 18.2 Å². The van der Waals surface area contributed by atoms with Gasteiger partial charge in [-0.3, -0.25) is 9.69 Å². The molecule has 0 saturated heterocycles. The number of hydrogen-bond acceptors (Lipinski definition) is 3. The first-order valence-corrected chi connectivity index (χ1v) is 6.07. The molecule has 0 bridgehead atoms. The maximum absolute atomic E-state index is 13.4. The summed E-state index contributed by atoms with van der Waals surface area (Å²) in [5.74, 6) is -0.261. The Morgan fingerprint density at radius 2 is 1.83 bits per heavy atom. The Labute approximate surface area is 108 Å². The van der Waals surface area contributed by atoms with Crippen LogP contribution in [0.15, 0.2) is 24.3 Å². The standard InChI is InChI=1S/C14H21FN2O/c1-16(2)8-9-17(3)11-13(18)10-12-6-4-5-7-14(12)15/h4-7H,8-11H2,1-3H3. The van der Waals surface area contributed by atoms with Gasteiger partial charge < -0.3 is 4.90 Å². The summed E-state index contributed by atoms with van der Waals surface area (Å²) in [6.07, 6.45) is 0.166. The largest absolute Gasteiger partial charge is 0.308 e. The smallest absolute Gasteiger partial charge is 0.151 e. The van der Waals surface area contributed by atoms with Crippen LogP contribution in [0, 0.1) is 5.82 Å². The molecule has 0 aliphatic carbocycles. The van der Waals surface area contributed by atoms with E-state index in [9.17, 15) is 9.18 Å². The normalized spacial score (nSPS) is 11.2. The minimum Gasteiger partial charge on any atom is -0.308 e. The van der Waals surface area contributed by atoms with E-state index in [0.29, 0.717) is 12.1 Å². The van der Waals surface area contributed by atoms with Crippen molar-refractivity contribution in [2.45, 2.75) is 6.42 Å². The lowest BCUT2D eigenvalue weighted by atomic mass is 10.1. The Morgan fingerprint density at radius 3 is 2.44 bits per heavy atom. The number of carbonyl (C=O) groups is 1. The first kappa shape index (κ1) is 14.8. The molecule has 0 N–H and O–H groups in total. The van der Waals surface area contributed by atoms with Crippen molar-refractivity contribution in [3.05, 3.63) is 35.6 Å². The van der Waals surface area contributed by atoms with Gasteiger partial charge in [0, 0.05) is 19.5 Å². The molecular weight excluding hydrogens is 231 g/mol. The van der Waals surface area contributed by atoms with Crippen molar-refractivity contribution < 1.29 is 9.18 Å². The Bertz CT molecular complexity index is 393. The maximum atomic E-state index is 13.4. The number of rotatable bonds is 7. The fraction of sp³-hybridized carbons (Fsp3) is 0.500. The van der Waals surface area contributed by atoms with E-state index < -0.39 is 0 Å². The van der Waals surface area contributed by atoms with Crippen molar-refractivity contribution in [3.63, 3.8) is 0 Å². The van der Waals surface area contributed by atoms with E-state index in [1.165, 1.54) is 6.07 Å². The quantitative estimate of drug-likeness (QED) is 0.733. The fourth-order valence-corrected chi connectivity index (χ4v) is 1.66. The zero-order valence-corrected chi connectivity index (χ0v) is 11.3. The van der Waals surface area contributed by atoms with E-state index in [1.54, 1.807) is 18.2 Å². The number of benzene rings is 1. The monoisotopic (exact) mass is 252 g/mol. The van der Waals surface area contributed by atoms with Crippen LogP contribution in [-0.2, 0) is 11.2 Å². The molecule has 18 heavy (non-hydrogen) atoms. The summed E-state index contributed by atoms with van der Waals surface area (Å²) < 4.78 is 13.4. The lowest BCUT2D eigenvalue weighted by Crippen LogP contribution is -2.33. The molecule has 0 fully saturated rings. The Balaban J connectivity index is 2.40. The lowest BCUT2D eigenvalue weighted by molar-refractivity contribution is -0.119. The molecule has 0 aliphatic heterocycles. The molecule has 4 heteroatoms. The molecule has 0 heterocycles. The summed E-state index contributed by atoms with van der Waals surface area (Å²) in [4.78, 5) is 15.8. The Kier molecular flexibility index (Phi) is 5.95. The third-order valence-electron chi connectivity index (χ3n) is 2.72. The third kappa shape index (κ3) is 5.38. The predicted octanol–water partition coefficient (Wildman–Crippen LogP) is 1.43. The lowest BCUT2D eigenvalue weighted by Gasteiger charge is -2.18. The highest BCUT2D eigenvalue weighted by Gasteiger charge is 2.10. The number of ketones is 1. The molecule has 1 aromatic rings. The van der Waals surface area contributed by atoms with Crippen molar-refractivity contribution in [2.24, 2.45) is 0 Å². The molecule has 0 unspecified atom stereocenters. The zero-order chi connectivity index (χ0) is 13.5. The summed E-state index contributed by atoms with van der Waals surface area (Å²) in [5, 5.41) is 0. The summed E-state index contributed by atoms with van der Waals surface area (Å²) >= 11 is 0. The molecule has 0 spiro atoms. The molecule has 1 rings (SSSR count). The van der Waals surface area contributed by atoms with Gasteiger partial charge in [0.1, 0.15) is 5.82 Å². The number of likely N-dealkylation sites (N-methyl/N-ethyl adjacent to an activating group) is 2. The molecule has 1 aromatic carbocycles. The van der Waals surface area contributed by atoms with E-state index in [-0.39, 0.29) is 18.0 Å².